The van der Waals surface area contributed by atoms with Gasteiger partial charge in [0.15, 0.2) is 6.61 Å². The number of carbonyl (C=O) groups excluding carboxylic acids is 3. The highest BCUT2D eigenvalue weighted by Gasteiger charge is 2.14. The van der Waals surface area contributed by atoms with E-state index in [1.807, 2.05) is 6.92 Å². The van der Waals surface area contributed by atoms with Crippen LogP contribution in [0, 0.1) is 0 Å². The molecule has 7 nitrogen and oxygen atoms in total. The van der Waals surface area contributed by atoms with E-state index in [2.05, 4.69) is 10.6 Å². The first kappa shape index (κ1) is 20.0. The summed E-state index contributed by atoms with van der Waals surface area (Å²) in [7, 11) is 1.69. The first-order chi connectivity index (χ1) is 13.0. The number of rotatable bonds is 8. The molecule has 0 atom stereocenters. The lowest BCUT2D eigenvalue weighted by atomic mass is 10.2. The van der Waals surface area contributed by atoms with Gasteiger partial charge in [-0.15, -0.1) is 0 Å². The predicted octanol–water partition coefficient (Wildman–Crippen LogP) is 3.09. The Balaban J connectivity index is 1.86. The van der Waals surface area contributed by atoms with Crippen molar-refractivity contribution < 1.29 is 23.9 Å². The van der Waals surface area contributed by atoms with Crippen molar-refractivity contribution in [3.63, 3.8) is 0 Å². The van der Waals surface area contributed by atoms with Gasteiger partial charge in [0.1, 0.15) is 0 Å². The average molecular weight is 370 g/mol. The zero-order chi connectivity index (χ0) is 19.6. The molecule has 27 heavy (non-hydrogen) atoms. The standard InChI is InChI=1S/C20H22N2O5/c1-3-12-26-19(24)14-8-10-15(11-9-14)22-18(23)13-27-20(25)16-6-4-5-7-17(16)21-2/h4-11,21H,3,12-13H2,1-2H3,(H,22,23). The topological polar surface area (TPSA) is 93.7 Å². The minimum absolute atomic E-state index is 0.350. The van der Waals surface area contributed by atoms with Gasteiger partial charge in [-0.05, 0) is 42.8 Å². The summed E-state index contributed by atoms with van der Waals surface area (Å²) in [6, 6.07) is 13.1. The molecule has 0 saturated carbocycles. The Bertz CT molecular complexity index is 802. The summed E-state index contributed by atoms with van der Waals surface area (Å²) in [6.07, 6.45) is 0.747. The van der Waals surface area contributed by atoms with Crippen molar-refractivity contribution in [3.05, 3.63) is 59.7 Å². The molecule has 2 N–H and O–H groups in total. The van der Waals surface area contributed by atoms with Gasteiger partial charge >= 0.3 is 11.9 Å². The van der Waals surface area contributed by atoms with Gasteiger partial charge in [0, 0.05) is 18.4 Å². The van der Waals surface area contributed by atoms with Crippen molar-refractivity contribution in [3.8, 4) is 0 Å². The van der Waals surface area contributed by atoms with Crippen LogP contribution in [0.3, 0.4) is 0 Å². The number of esters is 2. The Hall–Kier alpha value is -3.35. The van der Waals surface area contributed by atoms with Crippen molar-refractivity contribution in [1.29, 1.82) is 0 Å². The highest BCUT2D eigenvalue weighted by atomic mass is 16.5. The maximum absolute atomic E-state index is 12.1. The highest BCUT2D eigenvalue weighted by Crippen LogP contribution is 2.15. The monoisotopic (exact) mass is 370 g/mol. The van der Waals surface area contributed by atoms with Crippen molar-refractivity contribution in [2.45, 2.75) is 13.3 Å². The minimum atomic E-state index is -0.593. The molecule has 0 saturated heterocycles. The molecule has 0 unspecified atom stereocenters. The van der Waals surface area contributed by atoms with Crippen LogP contribution in [0.4, 0.5) is 11.4 Å². The third-order valence-electron chi connectivity index (χ3n) is 3.59. The first-order valence-corrected chi connectivity index (χ1v) is 8.56. The summed E-state index contributed by atoms with van der Waals surface area (Å²) in [6.45, 7) is 1.85. The molecule has 0 aliphatic carbocycles. The number of hydrogen-bond donors (Lipinski definition) is 2. The van der Waals surface area contributed by atoms with E-state index in [1.165, 1.54) is 0 Å². The van der Waals surface area contributed by atoms with E-state index in [1.54, 1.807) is 55.6 Å². The number of carbonyl (C=O) groups is 3. The molecule has 0 aliphatic rings. The Morgan fingerprint density at radius 1 is 0.926 bits per heavy atom. The van der Waals surface area contributed by atoms with Crippen LogP contribution in [-0.4, -0.2) is 38.1 Å². The van der Waals surface area contributed by atoms with Crippen LogP contribution in [0.15, 0.2) is 48.5 Å². The molecule has 142 valence electrons. The van der Waals surface area contributed by atoms with Gasteiger partial charge in [-0.2, -0.15) is 0 Å². The third kappa shape index (κ3) is 5.85. The molecule has 2 rings (SSSR count). The lowest BCUT2D eigenvalue weighted by molar-refractivity contribution is -0.119. The first-order valence-electron chi connectivity index (χ1n) is 8.56. The van der Waals surface area contributed by atoms with Crippen molar-refractivity contribution in [2.24, 2.45) is 0 Å². The van der Waals surface area contributed by atoms with Gasteiger partial charge in [-0.1, -0.05) is 19.1 Å². The Morgan fingerprint density at radius 2 is 1.63 bits per heavy atom. The molecule has 0 spiro atoms. The van der Waals surface area contributed by atoms with Crippen LogP contribution < -0.4 is 10.6 Å². The quantitative estimate of drug-likeness (QED) is 0.694. The lowest BCUT2D eigenvalue weighted by Gasteiger charge is -2.10. The fraction of sp³-hybridized carbons (Fsp3) is 0.250. The van der Waals surface area contributed by atoms with Crippen molar-refractivity contribution in [1.82, 2.24) is 0 Å². The van der Waals surface area contributed by atoms with Gasteiger partial charge in [0.05, 0.1) is 17.7 Å². The minimum Gasteiger partial charge on any atom is -0.462 e. The van der Waals surface area contributed by atoms with Crippen molar-refractivity contribution in [2.75, 3.05) is 30.9 Å². The predicted molar refractivity (Wildman–Crippen MR) is 102 cm³/mol. The van der Waals surface area contributed by atoms with Crippen molar-refractivity contribution >= 4 is 29.2 Å². The maximum Gasteiger partial charge on any atom is 0.340 e. The fourth-order valence-electron chi connectivity index (χ4n) is 2.25. The molecule has 0 aromatic heterocycles. The molecule has 0 heterocycles. The number of ether oxygens (including phenoxy) is 2. The zero-order valence-corrected chi connectivity index (χ0v) is 15.3. The molecule has 0 radical (unpaired) electrons. The molecule has 0 bridgehead atoms. The Morgan fingerprint density at radius 3 is 2.30 bits per heavy atom. The molecular weight excluding hydrogens is 348 g/mol. The third-order valence-corrected chi connectivity index (χ3v) is 3.59. The average Bonchev–Trinajstić information content (AvgIpc) is 2.70. The Kier molecular flexibility index (Phi) is 7.37. The highest BCUT2D eigenvalue weighted by molar-refractivity contribution is 5.98. The smallest absolute Gasteiger partial charge is 0.340 e. The van der Waals surface area contributed by atoms with E-state index in [4.69, 9.17) is 9.47 Å². The summed E-state index contributed by atoms with van der Waals surface area (Å²) >= 11 is 0. The normalized spacial score (nSPS) is 10.0. The number of anilines is 2. The van der Waals surface area contributed by atoms with Crippen LogP contribution in [0.1, 0.15) is 34.1 Å². The lowest BCUT2D eigenvalue weighted by Crippen LogP contribution is -2.21. The largest absolute Gasteiger partial charge is 0.462 e. The van der Waals surface area contributed by atoms with Gasteiger partial charge in [0.25, 0.3) is 5.91 Å². The molecule has 2 aromatic rings. The summed E-state index contributed by atoms with van der Waals surface area (Å²) in [5, 5.41) is 5.49. The molecular formula is C20H22N2O5. The molecule has 7 heteroatoms. The van der Waals surface area contributed by atoms with E-state index >= 15 is 0 Å². The molecule has 0 fully saturated rings. The van der Waals surface area contributed by atoms with Gasteiger partial charge in [0.2, 0.25) is 0 Å². The molecule has 1 amide bonds. The number of hydrogen-bond acceptors (Lipinski definition) is 6. The van der Waals surface area contributed by atoms with Gasteiger partial charge in [-0.25, -0.2) is 9.59 Å². The molecule has 2 aromatic carbocycles. The van der Waals surface area contributed by atoms with E-state index in [9.17, 15) is 14.4 Å². The second-order valence-corrected chi connectivity index (χ2v) is 5.63. The Labute approximate surface area is 157 Å². The number of amides is 1. The van der Waals surface area contributed by atoms with E-state index in [-0.39, 0.29) is 0 Å². The van der Waals surface area contributed by atoms with E-state index in [0.717, 1.165) is 6.42 Å². The summed E-state index contributed by atoms with van der Waals surface area (Å²) in [4.78, 5) is 35.8. The molecule has 0 aliphatic heterocycles. The van der Waals surface area contributed by atoms with Crippen LogP contribution >= 0.6 is 0 Å². The second-order valence-electron chi connectivity index (χ2n) is 5.63. The van der Waals surface area contributed by atoms with Crippen LogP contribution in [-0.2, 0) is 14.3 Å². The van der Waals surface area contributed by atoms with Gasteiger partial charge < -0.3 is 20.1 Å². The maximum atomic E-state index is 12.1. The summed E-state index contributed by atoms with van der Waals surface area (Å²) in [5.41, 5.74) is 1.85. The SMILES string of the molecule is CCCOC(=O)c1ccc(NC(=O)COC(=O)c2ccccc2NC)cc1. The summed E-state index contributed by atoms with van der Waals surface area (Å²) in [5.74, 6) is -1.48. The second kappa shape index (κ2) is 9.96. The fourth-order valence-corrected chi connectivity index (χ4v) is 2.25. The summed E-state index contributed by atoms with van der Waals surface area (Å²) < 4.78 is 10.1. The number of para-hydroxylation sites is 1. The number of nitrogens with one attached hydrogen (secondary N) is 2. The number of benzene rings is 2. The van der Waals surface area contributed by atoms with Crippen LogP contribution in [0.2, 0.25) is 0 Å². The zero-order valence-electron chi connectivity index (χ0n) is 15.3. The van der Waals surface area contributed by atoms with Crippen LogP contribution in [0.25, 0.3) is 0 Å². The van der Waals surface area contributed by atoms with Crippen LogP contribution in [0.5, 0.6) is 0 Å². The van der Waals surface area contributed by atoms with E-state index < -0.39 is 24.5 Å². The van der Waals surface area contributed by atoms with Gasteiger partial charge in [-0.3, -0.25) is 4.79 Å². The van der Waals surface area contributed by atoms with E-state index in [0.29, 0.717) is 29.1 Å².